The maximum Gasteiger partial charge on any atom is 0.416 e. The van der Waals surface area contributed by atoms with Gasteiger partial charge in [-0.15, -0.1) is 0 Å². The number of carbonyl (C=O) groups excluding carboxylic acids is 1. The molecule has 3 N–H and O–H groups in total. The Morgan fingerprint density at radius 3 is 2.63 bits per heavy atom. The Morgan fingerprint density at radius 2 is 1.86 bits per heavy atom. The number of aromatic nitrogens is 2. The number of amides is 1. The SMILES string of the molecule is Nc1nc(Cl)cc(Oc2ccc3c(c2)CCCCCCC3C(=O)Nc2cccc(C(F)(F)F)c2)n1. The summed E-state index contributed by atoms with van der Waals surface area (Å²) >= 11 is 5.93. The van der Waals surface area contributed by atoms with Gasteiger partial charge in [0, 0.05) is 11.8 Å². The van der Waals surface area contributed by atoms with Gasteiger partial charge in [0.2, 0.25) is 17.7 Å². The lowest BCUT2D eigenvalue weighted by molar-refractivity contribution is -0.137. The minimum atomic E-state index is -4.49. The molecule has 10 heteroatoms. The van der Waals surface area contributed by atoms with Gasteiger partial charge in [0.25, 0.3) is 0 Å². The van der Waals surface area contributed by atoms with Crippen LogP contribution in [-0.4, -0.2) is 15.9 Å². The zero-order valence-electron chi connectivity index (χ0n) is 18.7. The molecule has 3 aromatic rings. The number of aryl methyl sites for hydroxylation is 1. The van der Waals surface area contributed by atoms with Crippen molar-refractivity contribution in [3.8, 4) is 11.6 Å². The third-order valence-corrected chi connectivity index (χ3v) is 6.06. The van der Waals surface area contributed by atoms with Gasteiger partial charge >= 0.3 is 6.18 Å². The molecule has 0 radical (unpaired) electrons. The molecule has 0 bridgehead atoms. The average molecular weight is 505 g/mol. The number of carbonyl (C=O) groups is 1. The molecule has 1 aliphatic rings. The Morgan fingerprint density at radius 1 is 1.06 bits per heavy atom. The van der Waals surface area contributed by atoms with Gasteiger partial charge in [-0.05, 0) is 60.7 Å². The summed E-state index contributed by atoms with van der Waals surface area (Å²) in [5.74, 6) is -0.146. The summed E-state index contributed by atoms with van der Waals surface area (Å²) in [6.45, 7) is 0. The second-order valence-electron chi connectivity index (χ2n) is 8.42. The number of hydrogen-bond acceptors (Lipinski definition) is 5. The summed E-state index contributed by atoms with van der Waals surface area (Å²) in [6.07, 6.45) is 0.638. The molecule has 0 spiro atoms. The highest BCUT2D eigenvalue weighted by molar-refractivity contribution is 6.29. The fourth-order valence-corrected chi connectivity index (χ4v) is 4.42. The number of fused-ring (bicyclic) bond motifs is 1. The van der Waals surface area contributed by atoms with Crippen LogP contribution in [0.25, 0.3) is 0 Å². The van der Waals surface area contributed by atoms with Crippen molar-refractivity contribution in [2.75, 3.05) is 11.1 Å². The van der Waals surface area contributed by atoms with Crippen LogP contribution in [0, 0.1) is 0 Å². The minimum absolute atomic E-state index is 0.0124. The molecule has 2 aromatic carbocycles. The zero-order chi connectivity index (χ0) is 25.0. The molecule has 0 fully saturated rings. The molecule has 1 atom stereocenters. The van der Waals surface area contributed by atoms with E-state index < -0.39 is 17.7 Å². The lowest BCUT2D eigenvalue weighted by Gasteiger charge is -2.20. The van der Waals surface area contributed by atoms with E-state index in [1.165, 1.54) is 18.2 Å². The van der Waals surface area contributed by atoms with Crippen LogP contribution in [0.1, 0.15) is 54.7 Å². The summed E-state index contributed by atoms with van der Waals surface area (Å²) in [4.78, 5) is 21.1. The predicted octanol–water partition coefficient (Wildman–Crippen LogP) is 6.75. The fraction of sp³-hybridized carbons (Fsp3) is 0.320. The number of rotatable bonds is 4. The number of nitrogens with one attached hydrogen (secondary N) is 1. The van der Waals surface area contributed by atoms with Crippen molar-refractivity contribution in [1.82, 2.24) is 9.97 Å². The van der Waals surface area contributed by atoms with Crippen molar-refractivity contribution >= 4 is 29.1 Å². The Balaban J connectivity index is 1.60. The van der Waals surface area contributed by atoms with E-state index in [-0.39, 0.29) is 28.6 Å². The van der Waals surface area contributed by atoms with Gasteiger partial charge < -0.3 is 15.8 Å². The molecule has 0 saturated carbocycles. The number of halogens is 4. The third-order valence-electron chi connectivity index (χ3n) is 5.86. The molecule has 1 amide bonds. The molecule has 1 heterocycles. The van der Waals surface area contributed by atoms with E-state index in [9.17, 15) is 18.0 Å². The number of hydrogen-bond donors (Lipinski definition) is 2. The number of ether oxygens (including phenoxy) is 1. The van der Waals surface area contributed by atoms with E-state index in [2.05, 4.69) is 15.3 Å². The highest BCUT2D eigenvalue weighted by Gasteiger charge is 2.31. The number of nitrogen functional groups attached to an aromatic ring is 1. The molecule has 4 rings (SSSR count). The lowest BCUT2D eigenvalue weighted by atomic mass is 9.88. The molecule has 184 valence electrons. The lowest BCUT2D eigenvalue weighted by Crippen LogP contribution is -2.22. The highest BCUT2D eigenvalue weighted by atomic mass is 35.5. The maximum absolute atomic E-state index is 13.3. The zero-order valence-corrected chi connectivity index (χ0v) is 19.5. The number of alkyl halides is 3. The van der Waals surface area contributed by atoms with Gasteiger partial charge in [0.1, 0.15) is 10.9 Å². The van der Waals surface area contributed by atoms with Crippen molar-refractivity contribution in [1.29, 1.82) is 0 Å². The first-order valence-electron chi connectivity index (χ1n) is 11.3. The Bertz CT molecular complexity index is 1200. The quantitative estimate of drug-likeness (QED) is 0.383. The van der Waals surface area contributed by atoms with Crippen LogP contribution >= 0.6 is 11.6 Å². The maximum atomic E-state index is 13.3. The van der Waals surface area contributed by atoms with E-state index >= 15 is 0 Å². The number of nitrogens with zero attached hydrogens (tertiary/aromatic N) is 2. The largest absolute Gasteiger partial charge is 0.439 e. The van der Waals surface area contributed by atoms with Crippen LogP contribution in [0.2, 0.25) is 5.15 Å². The molecule has 6 nitrogen and oxygen atoms in total. The molecule has 1 aromatic heterocycles. The van der Waals surface area contributed by atoms with Crippen LogP contribution in [-0.2, 0) is 17.4 Å². The summed E-state index contributed by atoms with van der Waals surface area (Å²) in [5.41, 5.74) is 6.72. The first-order valence-corrected chi connectivity index (χ1v) is 11.7. The van der Waals surface area contributed by atoms with Gasteiger partial charge in [0.15, 0.2) is 0 Å². The van der Waals surface area contributed by atoms with Gasteiger partial charge in [-0.3, -0.25) is 4.79 Å². The Labute approximate surface area is 205 Å². The fourth-order valence-electron chi connectivity index (χ4n) is 4.24. The molecule has 1 unspecified atom stereocenters. The van der Waals surface area contributed by atoms with E-state index in [1.54, 1.807) is 6.07 Å². The third kappa shape index (κ3) is 6.42. The van der Waals surface area contributed by atoms with Crippen molar-refractivity contribution in [3.05, 3.63) is 70.4 Å². The average Bonchev–Trinajstić information content (AvgIpc) is 2.88. The van der Waals surface area contributed by atoms with Crippen molar-refractivity contribution < 1.29 is 22.7 Å². The van der Waals surface area contributed by atoms with E-state index in [0.29, 0.717) is 12.2 Å². The topological polar surface area (TPSA) is 90.1 Å². The Hall–Kier alpha value is -3.33. The van der Waals surface area contributed by atoms with Gasteiger partial charge in [0.05, 0.1) is 11.5 Å². The monoisotopic (exact) mass is 504 g/mol. The molecule has 1 aliphatic carbocycles. The predicted molar refractivity (Wildman–Crippen MR) is 128 cm³/mol. The van der Waals surface area contributed by atoms with Crippen LogP contribution in [0.15, 0.2) is 48.5 Å². The normalized spacial score (nSPS) is 16.4. The van der Waals surface area contributed by atoms with E-state index in [1.807, 2.05) is 12.1 Å². The second kappa shape index (κ2) is 10.5. The van der Waals surface area contributed by atoms with Crippen LogP contribution in [0.4, 0.5) is 24.8 Å². The van der Waals surface area contributed by atoms with Crippen molar-refractivity contribution in [2.24, 2.45) is 0 Å². The first kappa shape index (κ1) is 24.8. The first-order chi connectivity index (χ1) is 16.7. The van der Waals surface area contributed by atoms with Crippen LogP contribution in [0.5, 0.6) is 11.6 Å². The van der Waals surface area contributed by atoms with E-state index in [0.717, 1.165) is 55.4 Å². The molecule has 0 saturated heterocycles. The molecule has 35 heavy (non-hydrogen) atoms. The van der Waals surface area contributed by atoms with Crippen LogP contribution in [0.3, 0.4) is 0 Å². The standard InChI is InChI=1S/C25H24ClF3N4O2/c26-21-14-22(33-24(30)32-21)35-18-10-11-19-15(12-18)6-3-1-2-4-9-20(19)23(34)31-17-8-5-7-16(13-17)25(27,28)29/h5,7-8,10-14,20H,1-4,6,9H2,(H,31,34)(H2,30,32,33). The summed E-state index contributed by atoms with van der Waals surface area (Å²) in [6, 6.07) is 11.5. The van der Waals surface area contributed by atoms with Crippen molar-refractivity contribution in [2.45, 2.75) is 50.6 Å². The minimum Gasteiger partial charge on any atom is -0.439 e. The molecular formula is C25H24ClF3N4O2. The highest BCUT2D eigenvalue weighted by Crippen LogP contribution is 2.35. The van der Waals surface area contributed by atoms with Gasteiger partial charge in [-0.2, -0.15) is 18.2 Å². The second-order valence-corrected chi connectivity index (χ2v) is 8.81. The van der Waals surface area contributed by atoms with Gasteiger partial charge in [-0.1, -0.05) is 43.0 Å². The summed E-state index contributed by atoms with van der Waals surface area (Å²) in [7, 11) is 0. The molecule has 0 aliphatic heterocycles. The van der Waals surface area contributed by atoms with Crippen LogP contribution < -0.4 is 15.8 Å². The molecular weight excluding hydrogens is 481 g/mol. The number of nitrogens with two attached hydrogens (primary N) is 1. The van der Waals surface area contributed by atoms with Gasteiger partial charge in [-0.25, -0.2) is 4.98 Å². The number of benzene rings is 2. The number of anilines is 2. The summed E-state index contributed by atoms with van der Waals surface area (Å²) in [5, 5.41) is 2.84. The Kier molecular flexibility index (Phi) is 7.45. The smallest absolute Gasteiger partial charge is 0.416 e. The summed E-state index contributed by atoms with van der Waals surface area (Å²) < 4.78 is 45.1. The van der Waals surface area contributed by atoms with Crippen molar-refractivity contribution in [3.63, 3.8) is 0 Å². The van der Waals surface area contributed by atoms with E-state index in [4.69, 9.17) is 22.1 Å².